The molecule has 0 radical (unpaired) electrons. The number of hydrogen-bond donors (Lipinski definition) is 2. The number of anilines is 2. The highest BCUT2D eigenvalue weighted by Gasteiger charge is 2.32. The van der Waals surface area contributed by atoms with Crippen LogP contribution in [0.2, 0.25) is 0 Å². The fraction of sp³-hybridized carbons (Fsp3) is 0.343. The molecule has 0 bridgehead atoms. The average molecular weight is 627 g/mol. The first kappa shape index (κ1) is 33.7. The minimum atomic E-state index is -0.801. The van der Waals surface area contributed by atoms with Crippen LogP contribution >= 0.6 is 0 Å². The predicted molar refractivity (Wildman–Crippen MR) is 180 cm³/mol. The Labute approximate surface area is 270 Å². The predicted octanol–water partition coefficient (Wildman–Crippen LogP) is 7.86. The lowest BCUT2D eigenvalue weighted by atomic mass is 9.98. The third-order valence-electron chi connectivity index (χ3n) is 6.37. The van der Waals surface area contributed by atoms with Crippen molar-refractivity contribution in [2.75, 3.05) is 4.90 Å². The summed E-state index contributed by atoms with van der Waals surface area (Å²) in [5.74, 6) is -0.131. The number of rotatable bonds is 5. The van der Waals surface area contributed by atoms with Gasteiger partial charge in [0.25, 0.3) is 0 Å². The Kier molecular flexibility index (Phi) is 10.1. The first-order chi connectivity index (χ1) is 21.6. The molecule has 1 aliphatic rings. The normalized spacial score (nSPS) is 13.3. The van der Waals surface area contributed by atoms with E-state index in [0.29, 0.717) is 23.6 Å². The van der Waals surface area contributed by atoms with Gasteiger partial charge >= 0.3 is 18.2 Å². The van der Waals surface area contributed by atoms with Gasteiger partial charge in [-0.3, -0.25) is 15.5 Å². The number of amides is 4. The van der Waals surface area contributed by atoms with Crippen molar-refractivity contribution in [2.24, 2.45) is 16.0 Å². The number of alkyl carbamates (subject to hydrolysis) is 2. The van der Waals surface area contributed by atoms with Crippen LogP contribution in [0.5, 0.6) is 0 Å². The molecule has 4 rings (SSSR count). The SMILES string of the molecule is CC(C)C1=NN(Cc2ccccc2)C(=O)N(c2ccc(N=C(NC(=O)OC(C)(C)C)NC(=O)OC(C)(C)C)cc2)c2ccccc21. The standard InChI is InChI=1S/C35H42N6O5/c1-23(2)29-27-16-12-13-17-28(27)41(33(44)40(39-29)22-24-14-10-9-11-15-24)26-20-18-25(19-21-26)36-30(37-31(42)45-34(3,4)5)38-32(43)46-35(6,7)8/h9-21,23H,22H2,1-8H3,(H2,36,37,38,42,43). The molecule has 11 nitrogen and oxygen atoms in total. The van der Waals surface area contributed by atoms with E-state index in [1.807, 2.05) is 54.6 Å². The number of carbonyl (C=O) groups is 3. The van der Waals surface area contributed by atoms with E-state index in [1.165, 1.54) is 5.01 Å². The summed E-state index contributed by atoms with van der Waals surface area (Å²) in [6.45, 7) is 14.7. The zero-order valence-corrected chi connectivity index (χ0v) is 27.6. The third kappa shape index (κ3) is 9.16. The van der Waals surface area contributed by atoms with E-state index in [4.69, 9.17) is 14.6 Å². The molecule has 1 aliphatic heterocycles. The fourth-order valence-corrected chi connectivity index (χ4v) is 4.56. The van der Waals surface area contributed by atoms with Crippen molar-refractivity contribution in [3.8, 4) is 0 Å². The van der Waals surface area contributed by atoms with Gasteiger partial charge in [0, 0.05) is 5.56 Å². The van der Waals surface area contributed by atoms with Crippen molar-refractivity contribution in [2.45, 2.75) is 73.1 Å². The van der Waals surface area contributed by atoms with Crippen molar-refractivity contribution in [1.29, 1.82) is 0 Å². The van der Waals surface area contributed by atoms with E-state index in [-0.39, 0.29) is 17.9 Å². The van der Waals surface area contributed by atoms with Gasteiger partial charge < -0.3 is 9.47 Å². The quantitative estimate of drug-likeness (QED) is 0.220. The Morgan fingerprint density at radius 1 is 0.804 bits per heavy atom. The number of para-hydroxylation sites is 1. The van der Waals surface area contributed by atoms with Crippen molar-refractivity contribution >= 4 is 47.0 Å². The lowest BCUT2D eigenvalue weighted by Gasteiger charge is -2.27. The number of ether oxygens (including phenoxy) is 2. The molecule has 0 saturated heterocycles. The fourth-order valence-electron chi connectivity index (χ4n) is 4.56. The molecule has 0 atom stereocenters. The average Bonchev–Trinajstić information content (AvgIpc) is 3.06. The molecule has 11 heteroatoms. The second-order valence-electron chi connectivity index (χ2n) is 13.0. The van der Waals surface area contributed by atoms with Gasteiger partial charge in [0.2, 0.25) is 5.96 Å². The van der Waals surface area contributed by atoms with Gasteiger partial charge in [0.05, 0.1) is 29.3 Å². The number of hydrazone groups is 1. The van der Waals surface area contributed by atoms with E-state index in [0.717, 1.165) is 16.8 Å². The molecule has 0 aromatic heterocycles. The van der Waals surface area contributed by atoms with Gasteiger partial charge in [-0.05, 0) is 83.4 Å². The molecule has 3 aromatic rings. The van der Waals surface area contributed by atoms with Gasteiger partial charge in [0.1, 0.15) is 11.2 Å². The molecule has 0 spiro atoms. The van der Waals surface area contributed by atoms with Crippen LogP contribution in [0.25, 0.3) is 0 Å². The molecule has 0 saturated carbocycles. The maximum Gasteiger partial charge on any atom is 0.414 e. The zero-order valence-electron chi connectivity index (χ0n) is 27.6. The van der Waals surface area contributed by atoms with Crippen LogP contribution in [0.1, 0.15) is 66.5 Å². The van der Waals surface area contributed by atoms with Gasteiger partial charge in [-0.25, -0.2) is 24.4 Å². The van der Waals surface area contributed by atoms with Crippen LogP contribution in [0, 0.1) is 5.92 Å². The lowest BCUT2D eigenvalue weighted by Crippen LogP contribution is -2.47. The van der Waals surface area contributed by atoms with Crippen LogP contribution in [0.15, 0.2) is 89.0 Å². The number of aliphatic imine (C=N–C) groups is 1. The number of nitrogens with zero attached hydrogens (tertiary/aromatic N) is 4. The summed E-state index contributed by atoms with van der Waals surface area (Å²) in [5.41, 5.74) is 2.73. The number of benzene rings is 3. The Morgan fingerprint density at radius 3 is 1.89 bits per heavy atom. The number of carbonyl (C=O) groups excluding carboxylic acids is 3. The summed E-state index contributed by atoms with van der Waals surface area (Å²) in [4.78, 5) is 45.4. The zero-order chi connectivity index (χ0) is 33.6. The van der Waals surface area contributed by atoms with E-state index >= 15 is 0 Å². The molecule has 242 valence electrons. The highest BCUT2D eigenvalue weighted by atomic mass is 16.6. The molecule has 0 fully saturated rings. The number of hydrogen-bond acceptors (Lipinski definition) is 7. The Morgan fingerprint density at radius 2 is 1.35 bits per heavy atom. The maximum absolute atomic E-state index is 14.2. The van der Waals surface area contributed by atoms with Crippen molar-refractivity contribution in [1.82, 2.24) is 15.6 Å². The van der Waals surface area contributed by atoms with Gasteiger partial charge in [0.15, 0.2) is 0 Å². The van der Waals surface area contributed by atoms with Gasteiger partial charge in [-0.1, -0.05) is 62.4 Å². The monoisotopic (exact) mass is 626 g/mol. The molecule has 1 heterocycles. The van der Waals surface area contributed by atoms with E-state index < -0.39 is 23.4 Å². The van der Waals surface area contributed by atoms with Crippen LogP contribution in [-0.2, 0) is 16.0 Å². The van der Waals surface area contributed by atoms with Crippen LogP contribution in [-0.4, -0.2) is 46.1 Å². The summed E-state index contributed by atoms with van der Waals surface area (Å²) in [6.07, 6.45) is -1.60. The maximum atomic E-state index is 14.2. The summed E-state index contributed by atoms with van der Waals surface area (Å²) < 4.78 is 10.7. The number of urea groups is 1. The van der Waals surface area contributed by atoms with E-state index in [1.54, 1.807) is 70.7 Å². The van der Waals surface area contributed by atoms with Crippen LogP contribution in [0.3, 0.4) is 0 Å². The molecular weight excluding hydrogens is 584 g/mol. The summed E-state index contributed by atoms with van der Waals surface area (Å²) in [6, 6.07) is 23.9. The topological polar surface area (TPSA) is 125 Å². The second-order valence-corrected chi connectivity index (χ2v) is 13.0. The molecule has 4 amide bonds. The molecule has 46 heavy (non-hydrogen) atoms. The van der Waals surface area contributed by atoms with Crippen LogP contribution < -0.4 is 15.5 Å². The highest BCUT2D eigenvalue weighted by molar-refractivity contribution is 6.13. The Bertz CT molecular complexity index is 1590. The minimum Gasteiger partial charge on any atom is -0.444 e. The third-order valence-corrected chi connectivity index (χ3v) is 6.37. The first-order valence-corrected chi connectivity index (χ1v) is 15.1. The summed E-state index contributed by atoms with van der Waals surface area (Å²) >= 11 is 0. The molecular formula is C35H42N6O5. The van der Waals surface area contributed by atoms with Gasteiger partial charge in [-0.2, -0.15) is 5.10 Å². The number of nitrogens with one attached hydrogen (secondary N) is 2. The van der Waals surface area contributed by atoms with Crippen molar-refractivity contribution in [3.05, 3.63) is 90.0 Å². The largest absolute Gasteiger partial charge is 0.444 e. The Balaban J connectivity index is 1.70. The van der Waals surface area contributed by atoms with E-state index in [9.17, 15) is 14.4 Å². The molecule has 0 unspecified atom stereocenters. The second kappa shape index (κ2) is 13.8. The Hall–Kier alpha value is -5.19. The van der Waals surface area contributed by atoms with Crippen molar-refractivity contribution in [3.63, 3.8) is 0 Å². The van der Waals surface area contributed by atoms with Crippen LogP contribution in [0.4, 0.5) is 31.4 Å². The molecule has 3 aromatic carbocycles. The number of fused-ring (bicyclic) bond motifs is 1. The smallest absolute Gasteiger partial charge is 0.414 e. The lowest BCUT2D eigenvalue weighted by molar-refractivity contribution is 0.0545. The molecule has 0 aliphatic carbocycles. The van der Waals surface area contributed by atoms with Crippen molar-refractivity contribution < 1.29 is 23.9 Å². The van der Waals surface area contributed by atoms with Gasteiger partial charge in [-0.15, -0.1) is 0 Å². The summed E-state index contributed by atoms with van der Waals surface area (Å²) in [5, 5.41) is 11.3. The minimum absolute atomic E-state index is 0.0530. The summed E-state index contributed by atoms with van der Waals surface area (Å²) in [7, 11) is 0. The molecule has 2 N–H and O–H groups in total. The first-order valence-electron chi connectivity index (χ1n) is 15.1. The van der Waals surface area contributed by atoms with E-state index in [2.05, 4.69) is 29.5 Å². The highest BCUT2D eigenvalue weighted by Crippen LogP contribution is 2.35. The number of guanidine groups is 1.